The van der Waals surface area contributed by atoms with Crippen LogP contribution in [-0.2, 0) is 0 Å². The third-order valence-corrected chi connectivity index (χ3v) is 1.99. The van der Waals surface area contributed by atoms with E-state index in [1.165, 1.54) is 5.56 Å². The van der Waals surface area contributed by atoms with Gasteiger partial charge in [0.1, 0.15) is 6.17 Å². The van der Waals surface area contributed by atoms with Crippen molar-refractivity contribution in [3.05, 3.63) is 35.9 Å². The first-order valence-corrected chi connectivity index (χ1v) is 4.20. The molecule has 1 heterocycles. The molecule has 0 radical (unpaired) electrons. The van der Waals surface area contributed by atoms with E-state index in [0.29, 0.717) is 6.04 Å². The summed E-state index contributed by atoms with van der Waals surface area (Å²) in [5.74, 6) is 0. The first kappa shape index (κ1) is 7.50. The summed E-state index contributed by atoms with van der Waals surface area (Å²) in [6, 6.07) is 10.7. The van der Waals surface area contributed by atoms with Crippen LogP contribution in [0.1, 0.15) is 18.7 Å². The van der Waals surface area contributed by atoms with Crippen molar-refractivity contribution in [2.45, 2.75) is 19.1 Å². The summed E-state index contributed by atoms with van der Waals surface area (Å²) in [4.78, 5) is 4.35. The van der Waals surface area contributed by atoms with E-state index in [9.17, 15) is 0 Å². The standard InChI is InChI=1S/C10H12N2/c1-8-7-11-10(12-8)9-5-3-2-4-6-9/h2-8,10,12H,1H3. The van der Waals surface area contributed by atoms with Crippen molar-refractivity contribution >= 4 is 6.21 Å². The van der Waals surface area contributed by atoms with Gasteiger partial charge in [0.2, 0.25) is 0 Å². The Morgan fingerprint density at radius 3 is 2.58 bits per heavy atom. The molecule has 1 aliphatic heterocycles. The minimum absolute atomic E-state index is 0.168. The van der Waals surface area contributed by atoms with Gasteiger partial charge in [-0.2, -0.15) is 0 Å². The maximum atomic E-state index is 4.35. The fraction of sp³-hybridized carbons (Fsp3) is 0.300. The zero-order valence-electron chi connectivity index (χ0n) is 7.07. The molecule has 0 saturated heterocycles. The van der Waals surface area contributed by atoms with Crippen molar-refractivity contribution in [3.8, 4) is 0 Å². The first-order valence-electron chi connectivity index (χ1n) is 4.20. The van der Waals surface area contributed by atoms with Crippen LogP contribution in [0.25, 0.3) is 0 Å². The second-order valence-corrected chi connectivity index (χ2v) is 3.07. The molecule has 1 aromatic rings. The van der Waals surface area contributed by atoms with Crippen molar-refractivity contribution in [1.82, 2.24) is 5.32 Å². The van der Waals surface area contributed by atoms with E-state index >= 15 is 0 Å². The number of hydrogen-bond donors (Lipinski definition) is 1. The molecule has 62 valence electrons. The van der Waals surface area contributed by atoms with Crippen LogP contribution < -0.4 is 5.32 Å². The lowest BCUT2D eigenvalue weighted by Crippen LogP contribution is -2.23. The molecule has 2 rings (SSSR count). The van der Waals surface area contributed by atoms with E-state index in [2.05, 4.69) is 29.4 Å². The van der Waals surface area contributed by atoms with Crippen molar-refractivity contribution in [3.63, 3.8) is 0 Å². The predicted octanol–water partition coefficient (Wildman–Crippen LogP) is 1.75. The maximum absolute atomic E-state index is 4.35. The van der Waals surface area contributed by atoms with Gasteiger partial charge in [-0.1, -0.05) is 30.3 Å². The second kappa shape index (κ2) is 3.07. The summed E-state index contributed by atoms with van der Waals surface area (Å²) < 4.78 is 0. The summed E-state index contributed by atoms with van der Waals surface area (Å²) >= 11 is 0. The molecule has 0 amide bonds. The van der Waals surface area contributed by atoms with Gasteiger partial charge < -0.3 is 0 Å². The molecule has 0 saturated carbocycles. The zero-order chi connectivity index (χ0) is 8.39. The quantitative estimate of drug-likeness (QED) is 0.665. The monoisotopic (exact) mass is 160 g/mol. The van der Waals surface area contributed by atoms with Crippen molar-refractivity contribution in [1.29, 1.82) is 0 Å². The molecule has 1 N–H and O–H groups in total. The van der Waals surface area contributed by atoms with E-state index in [1.807, 2.05) is 24.4 Å². The topological polar surface area (TPSA) is 24.4 Å². The summed E-state index contributed by atoms with van der Waals surface area (Å²) in [6.07, 6.45) is 2.12. The Kier molecular flexibility index (Phi) is 1.92. The Bertz CT molecular complexity index is 279. The Morgan fingerprint density at radius 2 is 2.00 bits per heavy atom. The molecular weight excluding hydrogens is 148 g/mol. The number of nitrogens with one attached hydrogen (secondary N) is 1. The zero-order valence-corrected chi connectivity index (χ0v) is 7.07. The third kappa shape index (κ3) is 1.38. The van der Waals surface area contributed by atoms with Gasteiger partial charge in [0.05, 0.1) is 0 Å². The normalized spacial score (nSPS) is 27.8. The largest absolute Gasteiger partial charge is 0.284 e. The molecule has 1 aromatic carbocycles. The van der Waals surface area contributed by atoms with Gasteiger partial charge in [0.25, 0.3) is 0 Å². The fourth-order valence-electron chi connectivity index (χ4n) is 1.37. The van der Waals surface area contributed by atoms with Crippen LogP contribution in [0, 0.1) is 0 Å². The average molecular weight is 160 g/mol. The summed E-state index contributed by atoms with van der Waals surface area (Å²) in [5.41, 5.74) is 1.23. The summed E-state index contributed by atoms with van der Waals surface area (Å²) in [7, 11) is 0. The maximum Gasteiger partial charge on any atom is 0.125 e. The third-order valence-electron chi connectivity index (χ3n) is 1.99. The van der Waals surface area contributed by atoms with E-state index in [0.717, 1.165) is 0 Å². The van der Waals surface area contributed by atoms with E-state index < -0.39 is 0 Å². The Labute approximate surface area is 72.3 Å². The molecule has 0 aromatic heterocycles. The Hall–Kier alpha value is -1.15. The average Bonchev–Trinajstić information content (AvgIpc) is 2.54. The van der Waals surface area contributed by atoms with Crippen LogP contribution in [0.5, 0.6) is 0 Å². The SMILES string of the molecule is CC1C=NC(c2ccccc2)N1. The van der Waals surface area contributed by atoms with Gasteiger partial charge in [0.15, 0.2) is 0 Å². The van der Waals surface area contributed by atoms with E-state index in [-0.39, 0.29) is 6.17 Å². The highest BCUT2D eigenvalue weighted by molar-refractivity contribution is 5.66. The number of benzene rings is 1. The van der Waals surface area contributed by atoms with Crippen LogP contribution in [-0.4, -0.2) is 12.3 Å². The van der Waals surface area contributed by atoms with Crippen LogP contribution in [0.4, 0.5) is 0 Å². The molecule has 1 aliphatic rings. The lowest BCUT2D eigenvalue weighted by molar-refractivity contribution is 0.582. The van der Waals surface area contributed by atoms with Gasteiger partial charge in [-0.25, -0.2) is 0 Å². The van der Waals surface area contributed by atoms with Gasteiger partial charge >= 0.3 is 0 Å². The Morgan fingerprint density at radius 1 is 1.25 bits per heavy atom. The first-order chi connectivity index (χ1) is 5.86. The highest BCUT2D eigenvalue weighted by Crippen LogP contribution is 2.17. The smallest absolute Gasteiger partial charge is 0.125 e. The lowest BCUT2D eigenvalue weighted by Gasteiger charge is -2.09. The molecular formula is C10H12N2. The summed E-state index contributed by atoms with van der Waals surface area (Å²) in [6.45, 7) is 2.10. The molecule has 0 fully saturated rings. The lowest BCUT2D eigenvalue weighted by atomic mass is 10.2. The predicted molar refractivity (Wildman–Crippen MR) is 50.3 cm³/mol. The summed E-state index contributed by atoms with van der Waals surface area (Å²) in [5, 5.41) is 3.35. The van der Waals surface area contributed by atoms with Gasteiger partial charge in [-0.05, 0) is 12.5 Å². The molecule has 2 nitrogen and oxygen atoms in total. The van der Waals surface area contributed by atoms with Crippen molar-refractivity contribution < 1.29 is 0 Å². The van der Waals surface area contributed by atoms with Crippen LogP contribution >= 0.6 is 0 Å². The van der Waals surface area contributed by atoms with Crippen molar-refractivity contribution in [2.24, 2.45) is 4.99 Å². The van der Waals surface area contributed by atoms with E-state index in [1.54, 1.807) is 0 Å². The van der Waals surface area contributed by atoms with Gasteiger partial charge in [0, 0.05) is 12.3 Å². The van der Waals surface area contributed by atoms with Gasteiger partial charge in [-0.3, -0.25) is 10.3 Å². The molecule has 2 atom stereocenters. The number of nitrogens with zero attached hydrogens (tertiary/aromatic N) is 1. The molecule has 0 spiro atoms. The molecule has 12 heavy (non-hydrogen) atoms. The molecule has 2 unspecified atom stereocenters. The van der Waals surface area contributed by atoms with E-state index in [4.69, 9.17) is 0 Å². The van der Waals surface area contributed by atoms with Crippen LogP contribution in [0.3, 0.4) is 0 Å². The molecule has 0 bridgehead atoms. The highest BCUT2D eigenvalue weighted by atomic mass is 15.1. The number of rotatable bonds is 1. The highest BCUT2D eigenvalue weighted by Gasteiger charge is 2.15. The second-order valence-electron chi connectivity index (χ2n) is 3.07. The van der Waals surface area contributed by atoms with Crippen LogP contribution in [0.15, 0.2) is 35.3 Å². The van der Waals surface area contributed by atoms with Crippen molar-refractivity contribution in [2.75, 3.05) is 0 Å². The fourth-order valence-corrected chi connectivity index (χ4v) is 1.37. The van der Waals surface area contributed by atoms with Gasteiger partial charge in [-0.15, -0.1) is 0 Å². The Balaban J connectivity index is 2.18. The minimum Gasteiger partial charge on any atom is -0.284 e. The number of hydrogen-bond acceptors (Lipinski definition) is 2. The number of aliphatic imine (C=N–C) groups is 1. The minimum atomic E-state index is 0.168. The molecule has 0 aliphatic carbocycles. The van der Waals surface area contributed by atoms with Crippen LogP contribution in [0.2, 0.25) is 0 Å². The molecule has 2 heteroatoms.